The van der Waals surface area contributed by atoms with E-state index >= 15 is 0 Å². The maximum Gasteiger partial charge on any atom is 0.143 e. The summed E-state index contributed by atoms with van der Waals surface area (Å²) >= 11 is 0. The van der Waals surface area contributed by atoms with E-state index in [1.807, 2.05) is 44.4 Å². The third-order valence-electron chi connectivity index (χ3n) is 4.28. The number of nitrogens with one attached hydrogen (secondary N) is 1. The maximum absolute atomic E-state index is 13.2. The van der Waals surface area contributed by atoms with Crippen molar-refractivity contribution in [2.45, 2.75) is 12.6 Å². The van der Waals surface area contributed by atoms with Crippen LogP contribution < -0.4 is 5.43 Å². The van der Waals surface area contributed by atoms with Gasteiger partial charge in [-0.15, -0.1) is 0 Å². The Balaban J connectivity index is 1.86. The number of halogens is 1. The van der Waals surface area contributed by atoms with Gasteiger partial charge in [0.15, 0.2) is 0 Å². The minimum atomic E-state index is -0.216. The lowest BCUT2D eigenvalue weighted by Gasteiger charge is -2.29. The lowest BCUT2D eigenvalue weighted by Crippen LogP contribution is -2.44. The number of hydrazine groups is 1. The Morgan fingerprint density at radius 3 is 2.58 bits per heavy atom. The van der Waals surface area contributed by atoms with E-state index in [0.717, 1.165) is 23.5 Å². The summed E-state index contributed by atoms with van der Waals surface area (Å²) in [5, 5.41) is 2.03. The molecule has 0 saturated carbocycles. The van der Waals surface area contributed by atoms with Gasteiger partial charge in [-0.05, 0) is 37.4 Å². The summed E-state index contributed by atoms with van der Waals surface area (Å²) in [6.45, 7) is 1.45. The smallest absolute Gasteiger partial charge is 0.143 e. The zero-order valence-electron chi connectivity index (χ0n) is 14.3. The quantitative estimate of drug-likeness (QED) is 0.937. The molecule has 1 N–H and O–H groups in total. The molecule has 4 nitrogen and oxygen atoms in total. The van der Waals surface area contributed by atoms with Crippen molar-refractivity contribution in [2.75, 3.05) is 27.7 Å². The molecule has 5 heteroatoms. The number of likely N-dealkylation sites (N-methyl/N-ethyl adjacent to an activating group) is 1. The molecule has 1 unspecified atom stereocenters. The first-order valence-corrected chi connectivity index (χ1v) is 8.07. The Hall–Kier alpha value is -2.24. The highest BCUT2D eigenvalue weighted by Gasteiger charge is 2.19. The van der Waals surface area contributed by atoms with Crippen LogP contribution in [-0.2, 0) is 6.54 Å². The third kappa shape index (κ3) is 3.63. The Morgan fingerprint density at radius 1 is 1.17 bits per heavy atom. The first-order valence-electron chi connectivity index (χ1n) is 8.07. The summed E-state index contributed by atoms with van der Waals surface area (Å²) in [5.74, 6) is 0.667. The molecule has 1 aliphatic heterocycles. The second kappa shape index (κ2) is 7.11. The summed E-state index contributed by atoms with van der Waals surface area (Å²) in [5.41, 5.74) is 6.80. The number of fused-ring (bicyclic) bond motifs is 1. The van der Waals surface area contributed by atoms with Crippen LogP contribution in [0, 0.1) is 5.82 Å². The Morgan fingerprint density at radius 2 is 1.88 bits per heavy atom. The SMILES string of the molecule is CN1Cc2ccccc2C(=NCC(c2ccc(F)cc2)N(C)C)N1. The highest BCUT2D eigenvalue weighted by Crippen LogP contribution is 2.21. The lowest BCUT2D eigenvalue weighted by atomic mass is 10.0. The van der Waals surface area contributed by atoms with Gasteiger partial charge in [-0.2, -0.15) is 0 Å². The van der Waals surface area contributed by atoms with Crippen LogP contribution in [0.2, 0.25) is 0 Å². The molecule has 0 saturated heterocycles. The third-order valence-corrected chi connectivity index (χ3v) is 4.28. The lowest BCUT2D eigenvalue weighted by molar-refractivity contribution is 0.273. The van der Waals surface area contributed by atoms with Gasteiger partial charge in [-0.3, -0.25) is 4.99 Å². The number of amidine groups is 1. The van der Waals surface area contributed by atoms with Crippen molar-refractivity contribution in [1.82, 2.24) is 15.3 Å². The van der Waals surface area contributed by atoms with Crippen LogP contribution in [0.3, 0.4) is 0 Å². The minimum Gasteiger partial charge on any atom is -0.303 e. The van der Waals surface area contributed by atoms with Gasteiger partial charge < -0.3 is 10.3 Å². The van der Waals surface area contributed by atoms with Gasteiger partial charge in [0, 0.05) is 19.2 Å². The van der Waals surface area contributed by atoms with E-state index in [-0.39, 0.29) is 11.9 Å². The molecule has 3 rings (SSSR count). The molecule has 2 aromatic rings. The zero-order valence-corrected chi connectivity index (χ0v) is 14.3. The van der Waals surface area contributed by atoms with Crippen molar-refractivity contribution in [2.24, 2.45) is 4.99 Å². The van der Waals surface area contributed by atoms with Gasteiger partial charge in [0.05, 0.1) is 12.6 Å². The van der Waals surface area contributed by atoms with Crippen molar-refractivity contribution in [1.29, 1.82) is 0 Å². The van der Waals surface area contributed by atoms with Gasteiger partial charge in [0.1, 0.15) is 11.7 Å². The maximum atomic E-state index is 13.2. The summed E-state index contributed by atoms with van der Waals surface area (Å²) in [6, 6.07) is 15.1. The van der Waals surface area contributed by atoms with Gasteiger partial charge in [0.2, 0.25) is 0 Å². The molecule has 0 aliphatic carbocycles. The Kier molecular flexibility index (Phi) is 4.92. The number of nitrogens with zero attached hydrogens (tertiary/aromatic N) is 3. The molecule has 0 spiro atoms. The first kappa shape index (κ1) is 16.6. The fraction of sp³-hybridized carbons (Fsp3) is 0.316. The number of benzene rings is 2. The van der Waals surface area contributed by atoms with E-state index < -0.39 is 0 Å². The molecular formula is C19H23FN4. The molecule has 0 amide bonds. The predicted octanol–water partition coefficient (Wildman–Crippen LogP) is 2.83. The van der Waals surface area contributed by atoms with Crippen LogP contribution in [0.4, 0.5) is 4.39 Å². The molecule has 1 aliphatic rings. The van der Waals surface area contributed by atoms with Gasteiger partial charge in [-0.25, -0.2) is 9.40 Å². The zero-order chi connectivity index (χ0) is 17.1. The number of hydrogen-bond donors (Lipinski definition) is 1. The molecule has 0 radical (unpaired) electrons. The molecule has 0 fully saturated rings. The van der Waals surface area contributed by atoms with E-state index in [4.69, 9.17) is 4.99 Å². The van der Waals surface area contributed by atoms with Gasteiger partial charge in [0.25, 0.3) is 0 Å². The Labute approximate surface area is 142 Å². The van der Waals surface area contributed by atoms with Crippen LogP contribution in [0.5, 0.6) is 0 Å². The van der Waals surface area contributed by atoms with E-state index in [1.54, 1.807) is 0 Å². The number of rotatable bonds is 4. The van der Waals surface area contributed by atoms with E-state index in [2.05, 4.69) is 28.5 Å². The van der Waals surface area contributed by atoms with Crippen molar-refractivity contribution in [3.05, 3.63) is 71.0 Å². The average Bonchev–Trinajstić information content (AvgIpc) is 2.56. The number of hydrogen-bond acceptors (Lipinski definition) is 3. The molecule has 126 valence electrons. The fourth-order valence-corrected chi connectivity index (χ4v) is 2.98. The molecule has 24 heavy (non-hydrogen) atoms. The van der Waals surface area contributed by atoms with Gasteiger partial charge in [-0.1, -0.05) is 36.4 Å². The second-order valence-electron chi connectivity index (χ2n) is 6.35. The summed E-state index contributed by atoms with van der Waals surface area (Å²) in [6.07, 6.45) is 0. The molecule has 1 heterocycles. The topological polar surface area (TPSA) is 30.9 Å². The van der Waals surface area contributed by atoms with Crippen LogP contribution in [0.25, 0.3) is 0 Å². The number of aliphatic imine (C=N–C) groups is 1. The predicted molar refractivity (Wildman–Crippen MR) is 95.3 cm³/mol. The van der Waals surface area contributed by atoms with E-state index in [0.29, 0.717) is 6.54 Å². The van der Waals surface area contributed by atoms with Crippen molar-refractivity contribution in [3.63, 3.8) is 0 Å². The fourth-order valence-electron chi connectivity index (χ4n) is 2.98. The minimum absolute atomic E-state index is 0.0966. The largest absolute Gasteiger partial charge is 0.303 e. The van der Waals surface area contributed by atoms with Crippen LogP contribution in [0.1, 0.15) is 22.7 Å². The Bertz CT molecular complexity index is 724. The molecule has 1 atom stereocenters. The van der Waals surface area contributed by atoms with Gasteiger partial charge >= 0.3 is 0 Å². The molecule has 0 bridgehead atoms. The van der Waals surface area contributed by atoms with Crippen LogP contribution >= 0.6 is 0 Å². The van der Waals surface area contributed by atoms with Crippen LogP contribution in [0.15, 0.2) is 53.5 Å². The van der Waals surface area contributed by atoms with E-state index in [1.165, 1.54) is 17.7 Å². The van der Waals surface area contributed by atoms with Crippen molar-refractivity contribution in [3.8, 4) is 0 Å². The standard InChI is InChI=1S/C19H23FN4/c1-23(2)18(14-8-10-16(20)11-9-14)12-21-19-17-7-5-4-6-15(17)13-24(3)22-19/h4-11,18H,12-13H2,1-3H3,(H,21,22). The second-order valence-corrected chi connectivity index (χ2v) is 6.35. The highest BCUT2D eigenvalue weighted by atomic mass is 19.1. The normalized spacial score (nSPS) is 17.6. The summed E-state index contributed by atoms with van der Waals surface area (Å²) in [7, 11) is 6.04. The average molecular weight is 326 g/mol. The molecule has 0 aromatic heterocycles. The molecular weight excluding hydrogens is 303 g/mol. The van der Waals surface area contributed by atoms with Crippen LogP contribution in [-0.4, -0.2) is 43.4 Å². The highest BCUT2D eigenvalue weighted by molar-refractivity contribution is 6.00. The summed E-state index contributed by atoms with van der Waals surface area (Å²) < 4.78 is 13.2. The van der Waals surface area contributed by atoms with Crippen molar-refractivity contribution < 1.29 is 4.39 Å². The first-order chi connectivity index (χ1) is 11.5. The molecule has 2 aromatic carbocycles. The monoisotopic (exact) mass is 326 g/mol. The van der Waals surface area contributed by atoms with Crippen molar-refractivity contribution >= 4 is 5.84 Å². The summed E-state index contributed by atoms with van der Waals surface area (Å²) in [4.78, 5) is 6.93. The van der Waals surface area contributed by atoms with E-state index in [9.17, 15) is 4.39 Å².